The van der Waals surface area contributed by atoms with Crippen LogP contribution >= 0.6 is 0 Å². The highest BCUT2D eigenvalue weighted by atomic mass is 19.1. The van der Waals surface area contributed by atoms with Crippen molar-refractivity contribution in [3.63, 3.8) is 0 Å². The second-order valence-corrected chi connectivity index (χ2v) is 4.53. The second-order valence-electron chi connectivity index (χ2n) is 4.53. The minimum absolute atomic E-state index is 0.0158. The molecule has 0 aliphatic heterocycles. The van der Waals surface area contributed by atoms with Crippen molar-refractivity contribution in [1.29, 1.82) is 0 Å². The van der Waals surface area contributed by atoms with Crippen molar-refractivity contribution < 1.29 is 14.3 Å². The molecular weight excluding hydrogens is 273 g/mol. The van der Waals surface area contributed by atoms with Gasteiger partial charge in [0.25, 0.3) is 0 Å². The number of pyridine rings is 1. The molecule has 2 heterocycles. The van der Waals surface area contributed by atoms with Crippen molar-refractivity contribution >= 4 is 11.6 Å². The molecule has 0 bridgehead atoms. The van der Waals surface area contributed by atoms with Crippen LogP contribution in [-0.2, 0) is 6.54 Å². The van der Waals surface area contributed by atoms with Gasteiger partial charge in [0.1, 0.15) is 0 Å². The molecule has 21 heavy (non-hydrogen) atoms. The third-order valence-electron chi connectivity index (χ3n) is 3.05. The van der Waals surface area contributed by atoms with Gasteiger partial charge in [-0.25, -0.2) is 14.2 Å². The van der Waals surface area contributed by atoms with E-state index in [-0.39, 0.29) is 11.3 Å². The van der Waals surface area contributed by atoms with Gasteiger partial charge in [0, 0.05) is 25.8 Å². The fourth-order valence-electron chi connectivity index (χ4n) is 2.19. The summed E-state index contributed by atoms with van der Waals surface area (Å²) in [7, 11) is 0. The Kier molecular flexibility index (Phi) is 4.49. The SMILES string of the molecule is C=CCN(CC=C)Cc1c(C(=O)O)nc2c(F)cccn12. The van der Waals surface area contributed by atoms with Gasteiger partial charge in [-0.1, -0.05) is 12.2 Å². The molecule has 0 unspecified atom stereocenters. The zero-order valence-corrected chi connectivity index (χ0v) is 11.5. The Hall–Kier alpha value is -2.47. The molecule has 0 aliphatic carbocycles. The molecule has 2 aromatic rings. The Morgan fingerprint density at radius 1 is 1.43 bits per heavy atom. The summed E-state index contributed by atoms with van der Waals surface area (Å²) >= 11 is 0. The van der Waals surface area contributed by atoms with E-state index in [1.165, 1.54) is 16.5 Å². The first-order valence-electron chi connectivity index (χ1n) is 6.41. The van der Waals surface area contributed by atoms with Gasteiger partial charge in [0.2, 0.25) is 0 Å². The van der Waals surface area contributed by atoms with Crippen LogP contribution in [0.3, 0.4) is 0 Å². The van der Waals surface area contributed by atoms with E-state index in [1.807, 2.05) is 4.90 Å². The maximum absolute atomic E-state index is 13.8. The lowest BCUT2D eigenvalue weighted by Gasteiger charge is -2.18. The zero-order valence-electron chi connectivity index (χ0n) is 11.5. The summed E-state index contributed by atoms with van der Waals surface area (Å²) in [6, 6.07) is 2.77. The van der Waals surface area contributed by atoms with Crippen LogP contribution in [0.15, 0.2) is 43.6 Å². The molecule has 2 rings (SSSR count). The monoisotopic (exact) mass is 289 g/mol. The molecule has 0 aliphatic rings. The zero-order chi connectivity index (χ0) is 15.4. The van der Waals surface area contributed by atoms with E-state index in [0.29, 0.717) is 25.3 Å². The quantitative estimate of drug-likeness (QED) is 0.795. The molecule has 0 fully saturated rings. The van der Waals surface area contributed by atoms with E-state index >= 15 is 0 Å². The van der Waals surface area contributed by atoms with Gasteiger partial charge in [0.05, 0.1) is 5.69 Å². The number of nitrogens with zero attached hydrogens (tertiary/aromatic N) is 3. The van der Waals surface area contributed by atoms with E-state index in [1.54, 1.807) is 18.3 Å². The Morgan fingerprint density at radius 2 is 2.10 bits per heavy atom. The topological polar surface area (TPSA) is 57.8 Å². The van der Waals surface area contributed by atoms with Crippen molar-refractivity contribution in [1.82, 2.24) is 14.3 Å². The van der Waals surface area contributed by atoms with Crippen LogP contribution in [0.5, 0.6) is 0 Å². The largest absolute Gasteiger partial charge is 0.476 e. The summed E-state index contributed by atoms with van der Waals surface area (Å²) in [5, 5.41) is 9.27. The lowest BCUT2D eigenvalue weighted by atomic mass is 10.3. The summed E-state index contributed by atoms with van der Waals surface area (Å²) in [5.41, 5.74) is 0.306. The van der Waals surface area contributed by atoms with Crippen LogP contribution < -0.4 is 0 Å². The minimum atomic E-state index is -1.18. The molecular formula is C15H16FN3O2. The van der Waals surface area contributed by atoms with E-state index in [2.05, 4.69) is 18.1 Å². The van der Waals surface area contributed by atoms with Crippen molar-refractivity contribution in [3.8, 4) is 0 Å². The molecule has 0 saturated carbocycles. The van der Waals surface area contributed by atoms with Crippen LogP contribution in [0.1, 0.15) is 16.2 Å². The van der Waals surface area contributed by atoms with E-state index < -0.39 is 11.8 Å². The standard InChI is InChI=1S/C15H16FN3O2/c1-3-7-18(8-4-2)10-12-13(15(20)21)17-14-11(16)6-5-9-19(12)14/h3-6,9H,1-2,7-8,10H2,(H,20,21). The molecule has 6 heteroatoms. The summed E-state index contributed by atoms with van der Waals surface area (Å²) in [6.07, 6.45) is 5.04. The van der Waals surface area contributed by atoms with E-state index in [0.717, 1.165) is 0 Å². The number of fused-ring (bicyclic) bond motifs is 1. The first-order valence-corrected chi connectivity index (χ1v) is 6.41. The number of rotatable bonds is 7. The molecule has 0 atom stereocenters. The third kappa shape index (κ3) is 3.00. The Labute approximate surface area is 121 Å². The van der Waals surface area contributed by atoms with Crippen LogP contribution in [0.25, 0.3) is 5.65 Å². The Balaban J connectivity index is 2.52. The summed E-state index contributed by atoms with van der Waals surface area (Å²) in [6.45, 7) is 8.78. The lowest BCUT2D eigenvalue weighted by Crippen LogP contribution is -2.25. The highest BCUT2D eigenvalue weighted by Gasteiger charge is 2.21. The maximum Gasteiger partial charge on any atom is 0.356 e. The van der Waals surface area contributed by atoms with Gasteiger partial charge in [-0.3, -0.25) is 9.30 Å². The van der Waals surface area contributed by atoms with Gasteiger partial charge < -0.3 is 5.11 Å². The predicted molar refractivity (Wildman–Crippen MR) is 77.8 cm³/mol. The van der Waals surface area contributed by atoms with Crippen LogP contribution in [-0.4, -0.2) is 38.4 Å². The average Bonchev–Trinajstić information content (AvgIpc) is 2.80. The molecule has 5 nitrogen and oxygen atoms in total. The van der Waals surface area contributed by atoms with Gasteiger partial charge in [-0.15, -0.1) is 13.2 Å². The Morgan fingerprint density at radius 3 is 2.67 bits per heavy atom. The fraction of sp³-hybridized carbons (Fsp3) is 0.200. The van der Waals surface area contributed by atoms with Crippen LogP contribution in [0.2, 0.25) is 0 Å². The molecule has 0 amide bonds. The minimum Gasteiger partial charge on any atom is -0.476 e. The van der Waals surface area contributed by atoms with Gasteiger partial charge in [-0.2, -0.15) is 0 Å². The second kappa shape index (κ2) is 6.32. The van der Waals surface area contributed by atoms with Crippen molar-refractivity contribution in [2.75, 3.05) is 13.1 Å². The number of aromatic carboxylic acids is 1. The van der Waals surface area contributed by atoms with Crippen LogP contribution in [0.4, 0.5) is 4.39 Å². The van der Waals surface area contributed by atoms with Crippen molar-refractivity contribution in [2.45, 2.75) is 6.54 Å². The predicted octanol–water partition coefficient (Wildman–Crippen LogP) is 2.35. The first-order chi connectivity index (χ1) is 10.1. The van der Waals surface area contributed by atoms with Gasteiger partial charge >= 0.3 is 5.97 Å². The molecule has 0 spiro atoms. The van der Waals surface area contributed by atoms with Crippen molar-refractivity contribution in [2.24, 2.45) is 0 Å². The van der Waals surface area contributed by atoms with Gasteiger partial charge in [-0.05, 0) is 12.1 Å². The highest BCUT2D eigenvalue weighted by molar-refractivity contribution is 5.88. The molecule has 0 aromatic carbocycles. The number of hydrogen-bond donors (Lipinski definition) is 1. The van der Waals surface area contributed by atoms with Crippen molar-refractivity contribution in [3.05, 3.63) is 60.8 Å². The van der Waals surface area contributed by atoms with Crippen LogP contribution in [0, 0.1) is 5.82 Å². The average molecular weight is 289 g/mol. The van der Waals surface area contributed by atoms with E-state index in [4.69, 9.17) is 0 Å². The molecule has 0 radical (unpaired) electrons. The number of hydrogen-bond acceptors (Lipinski definition) is 3. The maximum atomic E-state index is 13.8. The number of imidazole rings is 1. The first kappa shape index (κ1) is 14.9. The third-order valence-corrected chi connectivity index (χ3v) is 3.05. The number of halogens is 1. The smallest absolute Gasteiger partial charge is 0.356 e. The lowest BCUT2D eigenvalue weighted by molar-refractivity contribution is 0.0688. The number of carboxylic acid groups (broad SMARTS) is 1. The number of carboxylic acids is 1. The molecule has 1 N–H and O–H groups in total. The highest BCUT2D eigenvalue weighted by Crippen LogP contribution is 2.17. The summed E-state index contributed by atoms with van der Waals surface area (Å²) in [5.74, 6) is -1.73. The van der Waals surface area contributed by atoms with E-state index in [9.17, 15) is 14.3 Å². The number of aromatic nitrogens is 2. The normalized spacial score (nSPS) is 11.0. The molecule has 0 saturated heterocycles. The Bertz CT molecular complexity index is 684. The number of carbonyl (C=O) groups is 1. The van der Waals surface area contributed by atoms with Gasteiger partial charge in [0.15, 0.2) is 17.2 Å². The molecule has 2 aromatic heterocycles. The summed E-state index contributed by atoms with van der Waals surface area (Å²) in [4.78, 5) is 17.2. The fourth-order valence-corrected chi connectivity index (χ4v) is 2.19. The molecule has 110 valence electrons. The summed E-state index contributed by atoms with van der Waals surface area (Å²) < 4.78 is 15.2.